The van der Waals surface area contributed by atoms with Gasteiger partial charge in [-0.3, -0.25) is 4.72 Å². The Labute approximate surface area is 141 Å². The SMILES string of the molecule is COCc1cc(Cl)cc(S(=O)(=O)Nc2ccc(C(F)(F)F)cn2)c1. The van der Waals surface area contributed by atoms with Gasteiger partial charge in [0, 0.05) is 18.3 Å². The number of anilines is 1. The summed E-state index contributed by atoms with van der Waals surface area (Å²) >= 11 is 5.88. The third-order valence-electron chi connectivity index (χ3n) is 2.88. The zero-order chi connectivity index (χ0) is 18.0. The van der Waals surface area contributed by atoms with Crippen LogP contribution < -0.4 is 4.72 Å². The Kier molecular flexibility index (Phi) is 5.36. The standard InChI is InChI=1S/C14H12ClF3N2O3S/c1-23-8-9-4-11(15)6-12(5-9)24(21,22)20-13-3-2-10(7-19-13)14(16,17)18/h2-7H,8H2,1H3,(H,19,20). The highest BCUT2D eigenvalue weighted by atomic mass is 35.5. The smallest absolute Gasteiger partial charge is 0.380 e. The summed E-state index contributed by atoms with van der Waals surface area (Å²) in [6, 6.07) is 5.77. The van der Waals surface area contributed by atoms with Crippen molar-refractivity contribution in [1.82, 2.24) is 4.98 Å². The summed E-state index contributed by atoms with van der Waals surface area (Å²) in [5.74, 6) is -0.240. The molecule has 0 atom stereocenters. The first-order valence-corrected chi connectivity index (χ1v) is 8.32. The molecule has 0 bridgehead atoms. The van der Waals surface area contributed by atoms with Gasteiger partial charge in [0.15, 0.2) is 0 Å². The summed E-state index contributed by atoms with van der Waals surface area (Å²) < 4.78 is 69.1. The van der Waals surface area contributed by atoms with Crippen LogP contribution in [0.5, 0.6) is 0 Å². The molecule has 0 saturated heterocycles. The van der Waals surface area contributed by atoms with E-state index in [0.717, 1.165) is 12.1 Å². The van der Waals surface area contributed by atoms with Crippen molar-refractivity contribution in [1.29, 1.82) is 0 Å². The number of halogens is 4. The van der Waals surface area contributed by atoms with E-state index in [0.29, 0.717) is 11.8 Å². The lowest BCUT2D eigenvalue weighted by Gasteiger charge is -2.11. The van der Waals surface area contributed by atoms with Gasteiger partial charge in [-0.2, -0.15) is 13.2 Å². The lowest BCUT2D eigenvalue weighted by Crippen LogP contribution is -2.15. The van der Waals surface area contributed by atoms with E-state index in [-0.39, 0.29) is 22.3 Å². The number of pyridine rings is 1. The van der Waals surface area contributed by atoms with Crippen molar-refractivity contribution in [2.45, 2.75) is 17.7 Å². The Morgan fingerprint density at radius 1 is 1.25 bits per heavy atom. The largest absolute Gasteiger partial charge is 0.417 e. The molecule has 1 N–H and O–H groups in total. The van der Waals surface area contributed by atoms with Crippen molar-refractivity contribution in [2.24, 2.45) is 0 Å². The summed E-state index contributed by atoms with van der Waals surface area (Å²) in [6.07, 6.45) is -4.00. The maximum Gasteiger partial charge on any atom is 0.417 e. The number of benzene rings is 1. The van der Waals surface area contributed by atoms with Gasteiger partial charge >= 0.3 is 6.18 Å². The van der Waals surface area contributed by atoms with Crippen molar-refractivity contribution >= 4 is 27.4 Å². The third kappa shape index (κ3) is 4.59. The van der Waals surface area contributed by atoms with Gasteiger partial charge in [-0.05, 0) is 35.9 Å². The number of rotatable bonds is 5. The van der Waals surface area contributed by atoms with Crippen LogP contribution in [0.15, 0.2) is 41.4 Å². The first kappa shape index (κ1) is 18.5. The van der Waals surface area contributed by atoms with Crippen molar-refractivity contribution in [3.05, 3.63) is 52.7 Å². The number of nitrogens with zero attached hydrogens (tertiary/aromatic N) is 1. The van der Waals surface area contributed by atoms with Crippen LogP contribution >= 0.6 is 11.6 Å². The van der Waals surface area contributed by atoms with E-state index in [1.54, 1.807) is 6.07 Å². The zero-order valence-corrected chi connectivity index (χ0v) is 13.8. The fraction of sp³-hybridized carbons (Fsp3) is 0.214. The number of methoxy groups -OCH3 is 1. The van der Waals surface area contributed by atoms with E-state index in [1.807, 2.05) is 0 Å². The quantitative estimate of drug-likeness (QED) is 0.858. The van der Waals surface area contributed by atoms with Gasteiger partial charge in [-0.1, -0.05) is 11.6 Å². The molecule has 0 amide bonds. The van der Waals surface area contributed by atoms with E-state index in [1.165, 1.54) is 19.2 Å². The number of hydrogen-bond donors (Lipinski definition) is 1. The van der Waals surface area contributed by atoms with E-state index in [4.69, 9.17) is 16.3 Å². The van der Waals surface area contributed by atoms with Gasteiger partial charge < -0.3 is 4.74 Å². The molecule has 0 aliphatic heterocycles. The molecule has 0 aliphatic carbocycles. The predicted octanol–water partition coefficient (Wildman–Crippen LogP) is 3.70. The third-order valence-corrected chi connectivity index (χ3v) is 4.43. The number of nitrogens with one attached hydrogen (secondary N) is 1. The van der Waals surface area contributed by atoms with Crippen LogP contribution in [0.4, 0.5) is 19.0 Å². The second kappa shape index (κ2) is 6.96. The van der Waals surface area contributed by atoms with Gasteiger partial charge in [0.05, 0.1) is 17.1 Å². The van der Waals surface area contributed by atoms with Crippen LogP contribution in [0.3, 0.4) is 0 Å². The molecule has 130 valence electrons. The zero-order valence-electron chi connectivity index (χ0n) is 12.3. The first-order valence-electron chi connectivity index (χ1n) is 6.46. The minimum atomic E-state index is -4.55. The first-order chi connectivity index (χ1) is 11.1. The molecule has 24 heavy (non-hydrogen) atoms. The molecule has 10 heteroatoms. The molecule has 1 aromatic heterocycles. The molecule has 1 aromatic carbocycles. The van der Waals surface area contributed by atoms with Crippen LogP contribution in [0, 0.1) is 0 Å². The maximum atomic E-state index is 12.5. The summed E-state index contributed by atoms with van der Waals surface area (Å²) in [5.41, 5.74) is -0.443. The Bertz CT molecular complexity index is 824. The number of sulfonamides is 1. The molecule has 2 rings (SSSR count). The number of alkyl halides is 3. The molecule has 0 radical (unpaired) electrons. The minimum absolute atomic E-state index is 0.149. The number of aromatic nitrogens is 1. The fourth-order valence-corrected chi connectivity index (χ4v) is 3.27. The van der Waals surface area contributed by atoms with E-state index in [9.17, 15) is 21.6 Å². The Balaban J connectivity index is 2.28. The van der Waals surface area contributed by atoms with Crippen LogP contribution in [0.25, 0.3) is 0 Å². The molecule has 1 heterocycles. The Morgan fingerprint density at radius 3 is 2.50 bits per heavy atom. The topological polar surface area (TPSA) is 68.3 Å². The van der Waals surface area contributed by atoms with Crippen LogP contribution in [-0.2, 0) is 27.5 Å². The highest BCUT2D eigenvalue weighted by Crippen LogP contribution is 2.29. The highest BCUT2D eigenvalue weighted by Gasteiger charge is 2.30. The van der Waals surface area contributed by atoms with Crippen molar-refractivity contribution in [2.75, 3.05) is 11.8 Å². The molecular formula is C14H12ClF3N2O3S. The summed E-state index contributed by atoms with van der Waals surface area (Å²) in [7, 11) is -2.61. The molecule has 0 fully saturated rings. The van der Waals surface area contributed by atoms with Crippen molar-refractivity contribution in [3.63, 3.8) is 0 Å². The minimum Gasteiger partial charge on any atom is -0.380 e. The van der Waals surface area contributed by atoms with E-state index < -0.39 is 21.8 Å². The van der Waals surface area contributed by atoms with E-state index >= 15 is 0 Å². The predicted molar refractivity (Wildman–Crippen MR) is 82.2 cm³/mol. The van der Waals surface area contributed by atoms with Gasteiger partial charge in [-0.25, -0.2) is 13.4 Å². The molecule has 0 unspecified atom stereocenters. The summed E-state index contributed by atoms with van der Waals surface area (Å²) in [6.45, 7) is 0.154. The summed E-state index contributed by atoms with van der Waals surface area (Å²) in [5, 5.41) is 0.185. The van der Waals surface area contributed by atoms with Gasteiger partial charge in [0.2, 0.25) is 0 Å². The van der Waals surface area contributed by atoms with Crippen molar-refractivity contribution in [3.8, 4) is 0 Å². The molecule has 0 aliphatic rings. The van der Waals surface area contributed by atoms with Gasteiger partial charge in [0.25, 0.3) is 10.0 Å². The molecular weight excluding hydrogens is 369 g/mol. The molecule has 0 spiro atoms. The monoisotopic (exact) mass is 380 g/mol. The van der Waals surface area contributed by atoms with Crippen LogP contribution in [-0.4, -0.2) is 20.5 Å². The second-order valence-corrected chi connectivity index (χ2v) is 6.88. The maximum absolute atomic E-state index is 12.5. The van der Waals surface area contributed by atoms with Crippen LogP contribution in [0.2, 0.25) is 5.02 Å². The lowest BCUT2D eigenvalue weighted by atomic mass is 10.2. The molecule has 0 saturated carbocycles. The Hall–Kier alpha value is -1.84. The fourth-order valence-electron chi connectivity index (χ4n) is 1.84. The van der Waals surface area contributed by atoms with Gasteiger partial charge in [0.1, 0.15) is 5.82 Å². The average Bonchev–Trinajstić information content (AvgIpc) is 2.46. The molecule has 5 nitrogen and oxygen atoms in total. The summed E-state index contributed by atoms with van der Waals surface area (Å²) in [4.78, 5) is 3.32. The highest BCUT2D eigenvalue weighted by molar-refractivity contribution is 7.92. The van der Waals surface area contributed by atoms with Crippen molar-refractivity contribution < 1.29 is 26.3 Å². The normalized spacial score (nSPS) is 12.2. The Morgan fingerprint density at radius 2 is 1.96 bits per heavy atom. The lowest BCUT2D eigenvalue weighted by molar-refractivity contribution is -0.137. The molecule has 2 aromatic rings. The van der Waals surface area contributed by atoms with Crippen LogP contribution in [0.1, 0.15) is 11.1 Å². The van der Waals surface area contributed by atoms with E-state index in [2.05, 4.69) is 9.71 Å². The number of ether oxygens (including phenoxy) is 1. The second-order valence-electron chi connectivity index (χ2n) is 4.76. The number of hydrogen-bond acceptors (Lipinski definition) is 4. The average molecular weight is 381 g/mol. The van der Waals surface area contributed by atoms with Gasteiger partial charge in [-0.15, -0.1) is 0 Å².